The maximum absolute atomic E-state index is 12.0. The number of piperidine rings is 1. The number of rotatable bonds is 7. The average Bonchev–Trinajstić information content (AvgIpc) is 2.33. The first-order chi connectivity index (χ1) is 9.02. The van der Waals surface area contributed by atoms with E-state index >= 15 is 0 Å². The van der Waals surface area contributed by atoms with Crippen LogP contribution in [0, 0.1) is 0 Å². The first-order valence-electron chi connectivity index (χ1n) is 7.82. The Morgan fingerprint density at radius 2 is 2.21 bits per heavy atom. The number of unbranched alkanes of at least 4 members (excludes halogenated alkanes) is 2. The summed E-state index contributed by atoms with van der Waals surface area (Å²) >= 11 is 0. The van der Waals surface area contributed by atoms with Crippen LogP contribution in [-0.4, -0.2) is 42.0 Å². The monoisotopic (exact) mass is 269 g/mol. The Morgan fingerprint density at radius 1 is 1.47 bits per heavy atom. The molecular formula is C15H31N3O. The molecule has 0 aliphatic carbocycles. The summed E-state index contributed by atoms with van der Waals surface area (Å²) in [6.45, 7) is 7.93. The van der Waals surface area contributed by atoms with E-state index in [1.807, 2.05) is 0 Å². The van der Waals surface area contributed by atoms with Crippen LogP contribution < -0.4 is 11.1 Å². The van der Waals surface area contributed by atoms with E-state index in [0.29, 0.717) is 24.7 Å². The fourth-order valence-electron chi connectivity index (χ4n) is 2.77. The van der Waals surface area contributed by atoms with Crippen LogP contribution >= 0.6 is 0 Å². The summed E-state index contributed by atoms with van der Waals surface area (Å²) in [4.78, 5) is 14.2. The lowest BCUT2D eigenvalue weighted by Crippen LogP contribution is -2.50. The Balaban J connectivity index is 2.23. The Bertz CT molecular complexity index is 270. The fraction of sp³-hybridized carbons (Fsp3) is 0.933. The molecule has 0 saturated carbocycles. The number of hydrogen-bond donors (Lipinski definition) is 2. The first-order valence-corrected chi connectivity index (χ1v) is 7.82. The van der Waals surface area contributed by atoms with Crippen molar-refractivity contribution in [2.24, 2.45) is 5.73 Å². The number of nitrogens with one attached hydrogen (secondary N) is 1. The highest BCUT2D eigenvalue weighted by molar-refractivity contribution is 5.78. The van der Waals surface area contributed by atoms with E-state index in [1.54, 1.807) is 0 Å². The van der Waals surface area contributed by atoms with Gasteiger partial charge >= 0.3 is 0 Å². The summed E-state index contributed by atoms with van der Waals surface area (Å²) in [7, 11) is 0. The smallest absolute Gasteiger partial charge is 0.234 e. The van der Waals surface area contributed by atoms with Crippen molar-refractivity contribution < 1.29 is 4.79 Å². The zero-order valence-corrected chi connectivity index (χ0v) is 12.8. The molecule has 1 amide bonds. The number of amides is 1. The number of nitrogens with zero attached hydrogens (tertiary/aromatic N) is 1. The molecule has 0 aromatic heterocycles. The van der Waals surface area contributed by atoms with E-state index in [-0.39, 0.29) is 5.91 Å². The van der Waals surface area contributed by atoms with Crippen molar-refractivity contribution in [3.8, 4) is 0 Å². The third kappa shape index (κ3) is 6.39. The minimum atomic E-state index is 0.159. The van der Waals surface area contributed by atoms with Gasteiger partial charge in [0.1, 0.15) is 0 Å². The van der Waals surface area contributed by atoms with Crippen molar-refractivity contribution >= 4 is 5.91 Å². The second-order valence-electron chi connectivity index (χ2n) is 6.07. The molecule has 19 heavy (non-hydrogen) atoms. The second-order valence-corrected chi connectivity index (χ2v) is 6.07. The van der Waals surface area contributed by atoms with Gasteiger partial charge in [0.05, 0.1) is 6.54 Å². The van der Waals surface area contributed by atoms with E-state index in [4.69, 9.17) is 5.73 Å². The van der Waals surface area contributed by atoms with Gasteiger partial charge in [-0.05, 0) is 33.1 Å². The molecule has 4 nitrogen and oxygen atoms in total. The number of likely N-dealkylation sites (tertiary alicyclic amines) is 1. The summed E-state index contributed by atoms with van der Waals surface area (Å²) in [6.07, 6.45) is 6.77. The Labute approximate surface area is 118 Å². The van der Waals surface area contributed by atoms with E-state index in [0.717, 1.165) is 25.8 Å². The van der Waals surface area contributed by atoms with Crippen LogP contribution in [0.1, 0.15) is 59.3 Å². The van der Waals surface area contributed by atoms with Gasteiger partial charge in [-0.15, -0.1) is 0 Å². The third-order valence-corrected chi connectivity index (χ3v) is 4.05. The van der Waals surface area contributed by atoms with Crippen molar-refractivity contribution in [1.82, 2.24) is 10.2 Å². The zero-order valence-electron chi connectivity index (χ0n) is 12.8. The standard InChI is InChI=1S/C15H31N3O/c1-4-5-6-7-12(2)17-15(19)11-18-9-8-14(16)10-13(18)3/h12-14H,4-11,16H2,1-3H3,(H,17,19). The van der Waals surface area contributed by atoms with Crippen LogP contribution in [0.3, 0.4) is 0 Å². The summed E-state index contributed by atoms with van der Waals surface area (Å²) in [6, 6.07) is 1.02. The molecule has 112 valence electrons. The number of nitrogens with two attached hydrogens (primary N) is 1. The molecule has 1 aliphatic rings. The van der Waals surface area contributed by atoms with Crippen LogP contribution in [0.4, 0.5) is 0 Å². The highest BCUT2D eigenvalue weighted by Crippen LogP contribution is 2.15. The van der Waals surface area contributed by atoms with Gasteiger partial charge in [0, 0.05) is 24.7 Å². The summed E-state index contributed by atoms with van der Waals surface area (Å²) in [5.41, 5.74) is 5.94. The molecule has 0 spiro atoms. The van der Waals surface area contributed by atoms with Gasteiger partial charge in [-0.2, -0.15) is 0 Å². The summed E-state index contributed by atoms with van der Waals surface area (Å²) in [5.74, 6) is 0.159. The summed E-state index contributed by atoms with van der Waals surface area (Å²) < 4.78 is 0. The Kier molecular flexibility index (Phi) is 7.39. The molecule has 0 aromatic carbocycles. The fourth-order valence-corrected chi connectivity index (χ4v) is 2.77. The topological polar surface area (TPSA) is 58.4 Å². The van der Waals surface area contributed by atoms with Crippen molar-refractivity contribution in [3.63, 3.8) is 0 Å². The highest BCUT2D eigenvalue weighted by Gasteiger charge is 2.24. The SMILES string of the molecule is CCCCCC(C)NC(=O)CN1CCC(N)CC1C. The molecule has 1 fully saturated rings. The number of carbonyl (C=O) groups excluding carboxylic acids is 1. The molecule has 0 bridgehead atoms. The van der Waals surface area contributed by atoms with Crippen LogP contribution in [0.15, 0.2) is 0 Å². The van der Waals surface area contributed by atoms with Gasteiger partial charge in [0.25, 0.3) is 0 Å². The van der Waals surface area contributed by atoms with Gasteiger partial charge in [-0.25, -0.2) is 0 Å². The normalized spacial score (nSPS) is 26.1. The van der Waals surface area contributed by atoms with E-state index in [9.17, 15) is 4.79 Å². The van der Waals surface area contributed by atoms with Crippen molar-refractivity contribution in [2.45, 2.75) is 77.4 Å². The zero-order chi connectivity index (χ0) is 14.3. The number of hydrogen-bond acceptors (Lipinski definition) is 3. The minimum absolute atomic E-state index is 0.159. The molecule has 1 rings (SSSR count). The maximum Gasteiger partial charge on any atom is 0.234 e. The van der Waals surface area contributed by atoms with Crippen LogP contribution in [0.5, 0.6) is 0 Å². The van der Waals surface area contributed by atoms with E-state index in [1.165, 1.54) is 19.3 Å². The second kappa shape index (κ2) is 8.54. The molecule has 3 atom stereocenters. The molecule has 4 heteroatoms. The summed E-state index contributed by atoms with van der Waals surface area (Å²) in [5, 5.41) is 3.11. The van der Waals surface area contributed by atoms with Crippen molar-refractivity contribution in [3.05, 3.63) is 0 Å². The molecule has 0 aromatic rings. The largest absolute Gasteiger partial charge is 0.353 e. The molecule has 1 heterocycles. The highest BCUT2D eigenvalue weighted by atomic mass is 16.2. The van der Waals surface area contributed by atoms with E-state index in [2.05, 4.69) is 31.0 Å². The Hall–Kier alpha value is -0.610. The molecule has 1 aliphatic heterocycles. The van der Waals surface area contributed by atoms with Gasteiger partial charge in [0.15, 0.2) is 0 Å². The average molecular weight is 269 g/mol. The van der Waals surface area contributed by atoms with Gasteiger partial charge < -0.3 is 11.1 Å². The predicted octanol–water partition coefficient (Wildman–Crippen LogP) is 1.88. The molecule has 1 saturated heterocycles. The van der Waals surface area contributed by atoms with Gasteiger partial charge in [-0.3, -0.25) is 9.69 Å². The van der Waals surface area contributed by atoms with Crippen LogP contribution in [-0.2, 0) is 4.79 Å². The van der Waals surface area contributed by atoms with Crippen molar-refractivity contribution in [2.75, 3.05) is 13.1 Å². The lowest BCUT2D eigenvalue weighted by molar-refractivity contribution is -0.123. The van der Waals surface area contributed by atoms with E-state index < -0.39 is 0 Å². The van der Waals surface area contributed by atoms with Crippen LogP contribution in [0.2, 0.25) is 0 Å². The Morgan fingerprint density at radius 3 is 2.84 bits per heavy atom. The quantitative estimate of drug-likeness (QED) is 0.694. The third-order valence-electron chi connectivity index (χ3n) is 4.05. The predicted molar refractivity (Wildman–Crippen MR) is 80.0 cm³/mol. The van der Waals surface area contributed by atoms with Gasteiger partial charge in [0.2, 0.25) is 5.91 Å². The first kappa shape index (κ1) is 16.4. The molecule has 3 unspecified atom stereocenters. The maximum atomic E-state index is 12.0. The minimum Gasteiger partial charge on any atom is -0.353 e. The molecule has 0 radical (unpaired) electrons. The van der Waals surface area contributed by atoms with Gasteiger partial charge in [-0.1, -0.05) is 26.2 Å². The molecule has 3 N–H and O–H groups in total. The lowest BCUT2D eigenvalue weighted by atomic mass is 9.99. The molecular weight excluding hydrogens is 238 g/mol. The number of carbonyl (C=O) groups is 1. The lowest BCUT2D eigenvalue weighted by Gasteiger charge is -2.36. The van der Waals surface area contributed by atoms with Crippen molar-refractivity contribution in [1.29, 1.82) is 0 Å². The van der Waals surface area contributed by atoms with Crippen LogP contribution in [0.25, 0.3) is 0 Å².